The number of rotatable bonds is 8. The molecule has 0 spiro atoms. The molecular formula is C24H30ClN3O6S. The molecule has 35 heavy (non-hydrogen) atoms. The third-order valence-electron chi connectivity index (χ3n) is 5.29. The van der Waals surface area contributed by atoms with Gasteiger partial charge in [-0.2, -0.15) is 0 Å². The van der Waals surface area contributed by atoms with E-state index in [-0.39, 0.29) is 24.9 Å². The Morgan fingerprint density at radius 1 is 1.11 bits per heavy atom. The van der Waals surface area contributed by atoms with Gasteiger partial charge in [0.2, 0.25) is 28.6 Å². The van der Waals surface area contributed by atoms with E-state index >= 15 is 0 Å². The normalized spacial score (nSPS) is 13.8. The van der Waals surface area contributed by atoms with Gasteiger partial charge in [0.15, 0.2) is 11.5 Å². The average molecular weight is 524 g/mol. The summed E-state index contributed by atoms with van der Waals surface area (Å²) in [7, 11) is -3.86. The second kappa shape index (κ2) is 10.3. The first kappa shape index (κ1) is 26.6. The monoisotopic (exact) mass is 523 g/mol. The fourth-order valence-corrected chi connectivity index (χ4v) is 4.56. The number of carbonyl (C=O) groups excluding carboxylic acids is 2. The molecule has 0 aliphatic carbocycles. The zero-order chi connectivity index (χ0) is 26.0. The topological polar surface area (TPSA) is 105 Å². The van der Waals surface area contributed by atoms with Crippen molar-refractivity contribution in [2.45, 2.75) is 45.8 Å². The smallest absolute Gasteiger partial charge is 0.244 e. The number of halogens is 1. The number of fused-ring (bicyclic) bond motifs is 1. The van der Waals surface area contributed by atoms with Crippen LogP contribution in [0, 0.1) is 0 Å². The summed E-state index contributed by atoms with van der Waals surface area (Å²) in [5.41, 5.74) is 0.358. The van der Waals surface area contributed by atoms with Gasteiger partial charge in [0.25, 0.3) is 0 Å². The molecule has 1 aliphatic heterocycles. The number of nitrogens with zero attached hydrogens (tertiary/aromatic N) is 2. The number of benzene rings is 2. The summed E-state index contributed by atoms with van der Waals surface area (Å²) in [6.07, 6.45) is 1.01. The maximum absolute atomic E-state index is 13.6. The van der Waals surface area contributed by atoms with E-state index in [9.17, 15) is 18.0 Å². The molecule has 1 aliphatic rings. The number of ether oxygens (including phenoxy) is 2. The van der Waals surface area contributed by atoms with E-state index in [1.54, 1.807) is 37.3 Å². The van der Waals surface area contributed by atoms with Crippen LogP contribution in [-0.4, -0.2) is 56.3 Å². The molecule has 1 N–H and O–H groups in total. The third kappa shape index (κ3) is 6.79. The Morgan fingerprint density at radius 2 is 1.77 bits per heavy atom. The summed E-state index contributed by atoms with van der Waals surface area (Å²) < 4.78 is 37.0. The van der Waals surface area contributed by atoms with Crippen molar-refractivity contribution in [2.24, 2.45) is 0 Å². The molecule has 0 fully saturated rings. The fraction of sp³-hybridized carbons (Fsp3) is 0.417. The molecule has 2 amide bonds. The van der Waals surface area contributed by atoms with Gasteiger partial charge in [-0.15, -0.1) is 0 Å². The molecule has 0 unspecified atom stereocenters. The lowest BCUT2D eigenvalue weighted by Crippen LogP contribution is -2.54. The van der Waals surface area contributed by atoms with Crippen LogP contribution in [0.1, 0.15) is 33.3 Å². The first-order chi connectivity index (χ1) is 16.3. The van der Waals surface area contributed by atoms with Crippen molar-refractivity contribution in [3.8, 4) is 11.5 Å². The Kier molecular flexibility index (Phi) is 7.86. The lowest BCUT2D eigenvalue weighted by molar-refractivity contribution is -0.140. The van der Waals surface area contributed by atoms with E-state index in [4.69, 9.17) is 21.1 Å². The van der Waals surface area contributed by atoms with Gasteiger partial charge >= 0.3 is 0 Å². The van der Waals surface area contributed by atoms with E-state index in [2.05, 4.69) is 5.32 Å². The lowest BCUT2D eigenvalue weighted by Gasteiger charge is -2.33. The highest BCUT2D eigenvalue weighted by Crippen LogP contribution is 2.36. The molecule has 2 aromatic carbocycles. The number of anilines is 1. The maximum atomic E-state index is 13.6. The van der Waals surface area contributed by atoms with Crippen LogP contribution < -0.4 is 19.1 Å². The Balaban J connectivity index is 1.93. The first-order valence-electron chi connectivity index (χ1n) is 11.0. The largest absolute Gasteiger partial charge is 0.454 e. The molecule has 0 saturated carbocycles. The van der Waals surface area contributed by atoms with Gasteiger partial charge in [0.1, 0.15) is 12.6 Å². The van der Waals surface area contributed by atoms with E-state index in [0.29, 0.717) is 22.1 Å². The van der Waals surface area contributed by atoms with Crippen LogP contribution in [-0.2, 0) is 26.2 Å². The van der Waals surface area contributed by atoms with Gasteiger partial charge in [-0.05, 0) is 51.5 Å². The predicted molar refractivity (Wildman–Crippen MR) is 134 cm³/mol. The molecule has 0 aromatic heterocycles. The number of sulfonamides is 1. The molecule has 1 atom stereocenters. The Hall–Kier alpha value is -2.98. The Morgan fingerprint density at radius 3 is 2.40 bits per heavy atom. The van der Waals surface area contributed by atoms with Gasteiger partial charge in [-0.3, -0.25) is 13.9 Å². The SMILES string of the molecule is C[C@@H](C(=O)NC(C)(C)C)N(Cc1ccccc1Cl)C(=O)CN(c1ccc2c(c1)OCO2)S(C)(=O)=O. The third-order valence-corrected chi connectivity index (χ3v) is 6.80. The van der Waals surface area contributed by atoms with Crippen LogP contribution in [0.15, 0.2) is 42.5 Å². The Labute approximate surface area is 211 Å². The van der Waals surface area contributed by atoms with Crippen molar-refractivity contribution >= 4 is 39.1 Å². The zero-order valence-electron chi connectivity index (χ0n) is 20.4. The molecule has 1 heterocycles. The number of hydrogen-bond acceptors (Lipinski definition) is 6. The lowest BCUT2D eigenvalue weighted by atomic mass is 10.1. The molecular weight excluding hydrogens is 494 g/mol. The van der Waals surface area contributed by atoms with Crippen LogP contribution >= 0.6 is 11.6 Å². The summed E-state index contributed by atoms with van der Waals surface area (Å²) in [6, 6.07) is 10.7. The highest BCUT2D eigenvalue weighted by molar-refractivity contribution is 7.92. The number of hydrogen-bond donors (Lipinski definition) is 1. The van der Waals surface area contributed by atoms with Gasteiger partial charge in [-0.1, -0.05) is 29.8 Å². The van der Waals surface area contributed by atoms with E-state index in [1.165, 1.54) is 17.0 Å². The number of carbonyl (C=O) groups is 2. The second-order valence-corrected chi connectivity index (χ2v) is 11.6. The predicted octanol–water partition coefficient (Wildman–Crippen LogP) is 3.17. The van der Waals surface area contributed by atoms with Crippen molar-refractivity contribution in [3.63, 3.8) is 0 Å². The quantitative estimate of drug-likeness (QED) is 0.570. The van der Waals surface area contributed by atoms with Crippen LogP contribution in [0.4, 0.5) is 5.69 Å². The highest BCUT2D eigenvalue weighted by atomic mass is 35.5. The van der Waals surface area contributed by atoms with Crippen molar-refractivity contribution in [1.82, 2.24) is 10.2 Å². The molecule has 2 aromatic rings. The average Bonchev–Trinajstić information content (AvgIpc) is 3.22. The summed E-state index contributed by atoms with van der Waals surface area (Å²) in [5, 5.41) is 3.30. The standard InChI is InChI=1S/C24H30ClN3O6S/c1-16(23(30)26-24(2,3)4)27(13-17-8-6-7-9-19(17)25)22(29)14-28(35(5,31)32)18-10-11-20-21(12-18)34-15-33-20/h6-12,16H,13-15H2,1-5H3,(H,26,30)/t16-/m0/s1. The minimum absolute atomic E-state index is 0.0238. The summed E-state index contributed by atoms with van der Waals surface area (Å²) in [6.45, 7) is 6.64. The summed E-state index contributed by atoms with van der Waals surface area (Å²) in [4.78, 5) is 27.9. The number of amides is 2. The molecule has 9 nitrogen and oxygen atoms in total. The Bertz CT molecular complexity index is 1210. The summed E-state index contributed by atoms with van der Waals surface area (Å²) >= 11 is 6.32. The van der Waals surface area contributed by atoms with Crippen LogP contribution in [0.5, 0.6) is 11.5 Å². The van der Waals surface area contributed by atoms with Crippen molar-refractivity contribution in [3.05, 3.63) is 53.1 Å². The van der Waals surface area contributed by atoms with Gasteiger partial charge < -0.3 is 19.7 Å². The number of nitrogens with one attached hydrogen (secondary N) is 1. The maximum Gasteiger partial charge on any atom is 0.244 e. The van der Waals surface area contributed by atoms with E-state index in [0.717, 1.165) is 10.6 Å². The highest BCUT2D eigenvalue weighted by Gasteiger charge is 2.32. The minimum Gasteiger partial charge on any atom is -0.454 e. The zero-order valence-corrected chi connectivity index (χ0v) is 21.9. The molecule has 3 rings (SSSR count). The summed E-state index contributed by atoms with van der Waals surface area (Å²) in [5.74, 6) is -0.0627. The van der Waals surface area contributed by atoms with Crippen molar-refractivity contribution in [1.29, 1.82) is 0 Å². The molecule has 11 heteroatoms. The van der Waals surface area contributed by atoms with E-state index in [1.807, 2.05) is 20.8 Å². The van der Waals surface area contributed by atoms with Gasteiger partial charge in [0.05, 0.1) is 11.9 Å². The van der Waals surface area contributed by atoms with Crippen LogP contribution in [0.2, 0.25) is 5.02 Å². The molecule has 0 saturated heterocycles. The van der Waals surface area contributed by atoms with Crippen LogP contribution in [0.25, 0.3) is 0 Å². The fourth-order valence-electron chi connectivity index (χ4n) is 3.52. The van der Waals surface area contributed by atoms with Crippen LogP contribution in [0.3, 0.4) is 0 Å². The van der Waals surface area contributed by atoms with Crippen molar-refractivity contribution < 1.29 is 27.5 Å². The molecule has 190 valence electrons. The molecule has 0 radical (unpaired) electrons. The second-order valence-electron chi connectivity index (χ2n) is 9.34. The van der Waals surface area contributed by atoms with Crippen molar-refractivity contribution in [2.75, 3.05) is 23.9 Å². The van der Waals surface area contributed by atoms with E-state index < -0.39 is 34.1 Å². The first-order valence-corrected chi connectivity index (χ1v) is 13.2. The van der Waals surface area contributed by atoms with Gasteiger partial charge in [0, 0.05) is 23.2 Å². The van der Waals surface area contributed by atoms with Gasteiger partial charge in [-0.25, -0.2) is 8.42 Å². The molecule has 0 bridgehead atoms. The minimum atomic E-state index is -3.86.